The fourth-order valence-corrected chi connectivity index (χ4v) is 6.43. The van der Waals surface area contributed by atoms with E-state index in [2.05, 4.69) is 27.9 Å². The van der Waals surface area contributed by atoms with E-state index < -0.39 is 10.0 Å². The lowest BCUT2D eigenvalue weighted by Crippen LogP contribution is -2.30. The molecular formula is C23H18N2O2S2. The summed E-state index contributed by atoms with van der Waals surface area (Å²) in [4.78, 5) is 4.71. The summed E-state index contributed by atoms with van der Waals surface area (Å²) in [6, 6.07) is 26.2. The maximum absolute atomic E-state index is 13.1. The van der Waals surface area contributed by atoms with Crippen LogP contribution in [0, 0.1) is 0 Å². The van der Waals surface area contributed by atoms with E-state index in [0.717, 1.165) is 26.9 Å². The molecule has 0 saturated carbocycles. The summed E-state index contributed by atoms with van der Waals surface area (Å²) in [5.41, 5.74) is 2.14. The molecule has 1 N–H and O–H groups in total. The van der Waals surface area contributed by atoms with Crippen molar-refractivity contribution in [1.29, 1.82) is 0 Å². The van der Waals surface area contributed by atoms with Gasteiger partial charge in [0.25, 0.3) is 0 Å². The largest absolute Gasteiger partial charge is 0.250 e. The molecule has 0 unspecified atom stereocenters. The van der Waals surface area contributed by atoms with Crippen molar-refractivity contribution >= 4 is 32.6 Å². The van der Waals surface area contributed by atoms with Gasteiger partial charge in [-0.3, -0.25) is 0 Å². The number of nitrogens with zero attached hydrogens (tertiary/aromatic N) is 1. The van der Waals surface area contributed by atoms with Gasteiger partial charge < -0.3 is 0 Å². The van der Waals surface area contributed by atoms with E-state index in [4.69, 9.17) is 0 Å². The zero-order valence-corrected chi connectivity index (χ0v) is 17.0. The van der Waals surface area contributed by atoms with E-state index in [-0.39, 0.29) is 16.2 Å². The third-order valence-electron chi connectivity index (χ3n) is 5.13. The zero-order valence-electron chi connectivity index (χ0n) is 15.4. The van der Waals surface area contributed by atoms with Crippen molar-refractivity contribution in [3.8, 4) is 0 Å². The number of rotatable bonds is 5. The standard InChI is InChI=1S/C23H18N2O2S2/c26-29(27,17-10-2-1-3-11-17)25-22-18-12-6-8-16-9-7-13-19(21(16)18)23(22)28-20-14-4-5-15-24-20/h1-15,22-23,25H/t22-,23+/m1/s1. The van der Waals surface area contributed by atoms with Crippen LogP contribution in [0.15, 0.2) is 101 Å². The van der Waals surface area contributed by atoms with Crippen molar-refractivity contribution < 1.29 is 8.42 Å². The van der Waals surface area contributed by atoms with E-state index in [9.17, 15) is 8.42 Å². The molecule has 1 aliphatic carbocycles. The first-order valence-electron chi connectivity index (χ1n) is 9.30. The second-order valence-corrected chi connectivity index (χ2v) is 9.79. The lowest BCUT2D eigenvalue weighted by atomic mass is 10.1. The quantitative estimate of drug-likeness (QED) is 0.490. The molecule has 1 aliphatic rings. The second kappa shape index (κ2) is 7.30. The first-order chi connectivity index (χ1) is 14.1. The lowest BCUT2D eigenvalue weighted by molar-refractivity contribution is 0.557. The summed E-state index contributed by atoms with van der Waals surface area (Å²) >= 11 is 1.59. The Bertz CT molecular complexity index is 1270. The Morgan fingerprint density at radius 2 is 1.52 bits per heavy atom. The Kier molecular flexibility index (Phi) is 4.62. The van der Waals surface area contributed by atoms with Crippen LogP contribution in [-0.2, 0) is 10.0 Å². The molecular weight excluding hydrogens is 400 g/mol. The molecule has 144 valence electrons. The molecule has 0 fully saturated rings. The van der Waals surface area contributed by atoms with Crippen LogP contribution in [0.1, 0.15) is 22.4 Å². The SMILES string of the molecule is O=S(=O)(N[C@@H]1c2cccc3cccc(c23)[C@@H]1Sc1ccccn1)c1ccccc1. The minimum Gasteiger partial charge on any atom is -0.250 e. The molecule has 4 aromatic rings. The highest BCUT2D eigenvalue weighted by molar-refractivity contribution is 7.99. The van der Waals surface area contributed by atoms with Gasteiger partial charge in [0.15, 0.2) is 0 Å². The predicted molar refractivity (Wildman–Crippen MR) is 116 cm³/mol. The van der Waals surface area contributed by atoms with Crippen LogP contribution in [-0.4, -0.2) is 13.4 Å². The number of hydrogen-bond acceptors (Lipinski definition) is 4. The second-order valence-electron chi connectivity index (χ2n) is 6.91. The average Bonchev–Trinajstić information content (AvgIpc) is 3.04. The van der Waals surface area contributed by atoms with E-state index in [0.29, 0.717) is 0 Å². The zero-order chi connectivity index (χ0) is 19.8. The van der Waals surface area contributed by atoms with E-state index in [1.165, 1.54) is 0 Å². The van der Waals surface area contributed by atoms with Crippen molar-refractivity contribution in [3.63, 3.8) is 0 Å². The van der Waals surface area contributed by atoms with Crippen LogP contribution < -0.4 is 4.72 Å². The molecule has 29 heavy (non-hydrogen) atoms. The molecule has 0 aliphatic heterocycles. The highest BCUT2D eigenvalue weighted by Gasteiger charge is 2.38. The molecule has 0 amide bonds. The van der Waals surface area contributed by atoms with Gasteiger partial charge in [-0.2, -0.15) is 0 Å². The molecule has 2 atom stereocenters. The van der Waals surface area contributed by atoms with Crippen LogP contribution in [0.2, 0.25) is 0 Å². The highest BCUT2D eigenvalue weighted by atomic mass is 32.2. The summed E-state index contributed by atoms with van der Waals surface area (Å²) in [5, 5.41) is 3.01. The third kappa shape index (κ3) is 3.33. The topological polar surface area (TPSA) is 59.1 Å². The van der Waals surface area contributed by atoms with Gasteiger partial charge in [-0.05, 0) is 46.2 Å². The van der Waals surface area contributed by atoms with Gasteiger partial charge in [0.2, 0.25) is 10.0 Å². The van der Waals surface area contributed by atoms with E-state index in [1.807, 2.05) is 42.5 Å². The number of pyridine rings is 1. The molecule has 1 aromatic heterocycles. The van der Waals surface area contributed by atoms with Crippen LogP contribution in [0.25, 0.3) is 10.8 Å². The molecule has 4 nitrogen and oxygen atoms in total. The minimum atomic E-state index is -3.67. The molecule has 0 spiro atoms. The Labute approximate surface area is 174 Å². The first kappa shape index (κ1) is 18.4. The minimum absolute atomic E-state index is 0.107. The maximum Gasteiger partial charge on any atom is 0.241 e. The molecule has 6 heteroatoms. The van der Waals surface area contributed by atoms with Gasteiger partial charge in [-0.25, -0.2) is 18.1 Å². The summed E-state index contributed by atoms with van der Waals surface area (Å²) in [5.74, 6) is 0. The van der Waals surface area contributed by atoms with Crippen molar-refractivity contribution in [2.45, 2.75) is 21.2 Å². The molecule has 1 heterocycles. The first-order valence-corrected chi connectivity index (χ1v) is 11.7. The van der Waals surface area contributed by atoms with Crippen molar-refractivity contribution in [3.05, 3.63) is 102 Å². The van der Waals surface area contributed by atoms with Gasteiger partial charge in [0.05, 0.1) is 21.2 Å². The third-order valence-corrected chi connectivity index (χ3v) is 7.85. The van der Waals surface area contributed by atoms with Gasteiger partial charge in [-0.1, -0.05) is 72.4 Å². The van der Waals surface area contributed by atoms with Crippen molar-refractivity contribution in [2.24, 2.45) is 0 Å². The molecule has 0 radical (unpaired) electrons. The number of thioether (sulfide) groups is 1. The van der Waals surface area contributed by atoms with E-state index in [1.54, 1.807) is 42.2 Å². The lowest BCUT2D eigenvalue weighted by Gasteiger charge is -2.22. The van der Waals surface area contributed by atoms with Crippen LogP contribution >= 0.6 is 11.8 Å². The average molecular weight is 419 g/mol. The predicted octanol–water partition coefficient (Wildman–Crippen LogP) is 5.10. The van der Waals surface area contributed by atoms with Crippen LogP contribution in [0.5, 0.6) is 0 Å². The Balaban J connectivity index is 1.61. The summed E-state index contributed by atoms with van der Waals surface area (Å²) in [6.45, 7) is 0. The monoisotopic (exact) mass is 418 g/mol. The summed E-state index contributed by atoms with van der Waals surface area (Å²) in [7, 11) is -3.67. The highest BCUT2D eigenvalue weighted by Crippen LogP contribution is 2.53. The number of benzene rings is 3. The Hall–Kier alpha value is -2.67. The number of sulfonamides is 1. The smallest absolute Gasteiger partial charge is 0.241 e. The number of nitrogens with one attached hydrogen (secondary N) is 1. The number of hydrogen-bond donors (Lipinski definition) is 1. The summed E-state index contributed by atoms with van der Waals surface area (Å²) in [6.07, 6.45) is 1.76. The van der Waals surface area contributed by atoms with Crippen LogP contribution in [0.4, 0.5) is 0 Å². The van der Waals surface area contributed by atoms with Crippen LogP contribution in [0.3, 0.4) is 0 Å². The van der Waals surface area contributed by atoms with Gasteiger partial charge in [-0.15, -0.1) is 0 Å². The van der Waals surface area contributed by atoms with Gasteiger partial charge in [0.1, 0.15) is 0 Å². The van der Waals surface area contributed by atoms with Crippen molar-refractivity contribution in [2.75, 3.05) is 0 Å². The fourth-order valence-electron chi connectivity index (χ4n) is 3.88. The Morgan fingerprint density at radius 1 is 0.793 bits per heavy atom. The fraction of sp³-hybridized carbons (Fsp3) is 0.0870. The van der Waals surface area contributed by atoms with Gasteiger partial charge >= 0.3 is 0 Å². The molecule has 0 saturated heterocycles. The van der Waals surface area contributed by atoms with E-state index >= 15 is 0 Å². The maximum atomic E-state index is 13.1. The Morgan fingerprint density at radius 3 is 2.24 bits per heavy atom. The normalized spacial score (nSPS) is 18.2. The number of aromatic nitrogens is 1. The molecule has 3 aromatic carbocycles. The summed E-state index contributed by atoms with van der Waals surface area (Å²) < 4.78 is 29.2. The molecule has 0 bridgehead atoms. The molecule has 5 rings (SSSR count). The van der Waals surface area contributed by atoms with Gasteiger partial charge in [0, 0.05) is 6.20 Å². The van der Waals surface area contributed by atoms with Crippen molar-refractivity contribution in [1.82, 2.24) is 9.71 Å².